The van der Waals surface area contributed by atoms with Gasteiger partial charge in [0.15, 0.2) is 6.23 Å². The van der Waals surface area contributed by atoms with E-state index in [9.17, 15) is 14.1 Å². The van der Waals surface area contributed by atoms with Gasteiger partial charge in [-0.2, -0.15) is 4.98 Å². The number of nitrogen functional groups attached to an aromatic ring is 1. The van der Waals surface area contributed by atoms with Crippen LogP contribution in [0.3, 0.4) is 0 Å². The maximum absolute atomic E-state index is 11.9. The Morgan fingerprint density at radius 3 is 2.86 bits per heavy atom. The molecule has 118 valence electrons. The molecular weight excluding hydrogens is 321 g/mol. The quantitative estimate of drug-likeness (QED) is 0.441. The zero-order valence-corrected chi connectivity index (χ0v) is 13.0. The summed E-state index contributed by atoms with van der Waals surface area (Å²) in [5.41, 5.74) is 4.81. The average Bonchev–Trinajstić information content (AvgIpc) is 2.75. The molecule has 1 aromatic rings. The highest BCUT2D eigenvalue weighted by atomic mass is 32.5. The molecule has 1 aliphatic rings. The summed E-state index contributed by atoms with van der Waals surface area (Å²) in [6, 6.07) is 1.43. The van der Waals surface area contributed by atoms with E-state index in [1.807, 2.05) is 0 Å². The Bertz CT molecular complexity index is 627. The van der Waals surface area contributed by atoms with E-state index in [0.717, 1.165) is 0 Å². The molecule has 0 spiro atoms. The number of nitrogens with two attached hydrogens (primary N) is 1. The van der Waals surface area contributed by atoms with Crippen molar-refractivity contribution in [2.24, 2.45) is 0 Å². The second-order valence-corrected chi connectivity index (χ2v) is 6.14. The van der Waals surface area contributed by atoms with Gasteiger partial charge in [-0.15, -0.1) is 0 Å². The van der Waals surface area contributed by atoms with Crippen LogP contribution in [0.1, 0.15) is 6.23 Å². The molecule has 2 rings (SSSR count). The van der Waals surface area contributed by atoms with Crippen LogP contribution >= 0.6 is 8.02 Å². The number of rotatable bonds is 5. The van der Waals surface area contributed by atoms with E-state index < -0.39 is 40.5 Å². The van der Waals surface area contributed by atoms with E-state index >= 15 is 0 Å². The molecule has 5 unspecified atom stereocenters. The summed E-state index contributed by atoms with van der Waals surface area (Å²) in [7, 11) is 2.13. The largest absolute Gasteiger partial charge is 0.394 e. The zero-order valence-electron chi connectivity index (χ0n) is 11.1. The van der Waals surface area contributed by atoms with Crippen molar-refractivity contribution in [1.29, 1.82) is 0 Å². The van der Waals surface area contributed by atoms with Crippen LogP contribution in [0.4, 0.5) is 5.82 Å². The van der Waals surface area contributed by atoms with Gasteiger partial charge in [-0.05, 0) is 14.1 Å². The Balaban J connectivity index is 2.37. The molecule has 2 heterocycles. The lowest BCUT2D eigenvalue weighted by atomic mass is 10.1. The van der Waals surface area contributed by atoms with E-state index in [2.05, 4.69) is 13.0 Å². The fourth-order valence-electron chi connectivity index (χ4n) is 2.19. The van der Waals surface area contributed by atoms with Crippen molar-refractivity contribution >= 4 is 24.1 Å². The van der Waals surface area contributed by atoms with E-state index in [4.69, 9.17) is 19.4 Å². The number of methoxy groups -OCH3 is 1. The first kappa shape index (κ1) is 16.3. The second-order valence-electron chi connectivity index (χ2n) is 4.32. The number of thiol groups is 1. The first-order valence-corrected chi connectivity index (χ1v) is 8.49. The van der Waals surface area contributed by atoms with Gasteiger partial charge in [0.25, 0.3) is 0 Å². The maximum Gasteiger partial charge on any atom is 0.351 e. The van der Waals surface area contributed by atoms with Crippen molar-refractivity contribution < 1.29 is 23.0 Å². The van der Waals surface area contributed by atoms with Crippen LogP contribution in [0.2, 0.25) is 0 Å². The number of anilines is 1. The predicted molar refractivity (Wildman–Crippen MR) is 77.4 cm³/mol. The lowest BCUT2D eigenvalue weighted by Crippen LogP contribution is -2.38. The minimum Gasteiger partial charge on any atom is -0.394 e. The van der Waals surface area contributed by atoms with Crippen LogP contribution < -0.4 is 11.4 Å². The first-order chi connectivity index (χ1) is 9.97. The molecule has 1 saturated heterocycles. The fourth-order valence-corrected chi connectivity index (χ4v) is 3.03. The molecule has 1 aliphatic heterocycles. The van der Waals surface area contributed by atoms with E-state index in [-0.39, 0.29) is 12.4 Å². The van der Waals surface area contributed by atoms with E-state index in [1.165, 1.54) is 23.9 Å². The third kappa shape index (κ3) is 3.42. The topological polar surface area (TPSA) is 126 Å². The van der Waals surface area contributed by atoms with Crippen molar-refractivity contribution in [3.63, 3.8) is 0 Å². The lowest BCUT2D eigenvalue weighted by Gasteiger charge is -2.21. The molecule has 3 N–H and O–H groups in total. The van der Waals surface area contributed by atoms with Crippen molar-refractivity contribution in [2.75, 3.05) is 19.5 Å². The van der Waals surface area contributed by atoms with Gasteiger partial charge in [0, 0.05) is 13.3 Å². The highest BCUT2D eigenvalue weighted by Crippen LogP contribution is 2.32. The van der Waals surface area contributed by atoms with Crippen LogP contribution in [-0.2, 0) is 23.9 Å². The highest BCUT2D eigenvalue weighted by molar-refractivity contribution is 8.03. The third-order valence-electron chi connectivity index (χ3n) is 3.08. The van der Waals surface area contributed by atoms with Gasteiger partial charge in [-0.1, -0.05) is 0 Å². The smallest absolute Gasteiger partial charge is 0.351 e. The van der Waals surface area contributed by atoms with Crippen LogP contribution in [0.25, 0.3) is 0 Å². The monoisotopic (exact) mass is 337 g/mol. The van der Waals surface area contributed by atoms with Gasteiger partial charge in [-0.25, -0.2) is 9.00 Å². The van der Waals surface area contributed by atoms with Crippen LogP contribution in [0.5, 0.6) is 0 Å². The second kappa shape index (κ2) is 6.82. The molecule has 11 heteroatoms. The SMILES string of the molecule is COC1C(O[SH](=O)=P)C(CO)OC1n1ccc(N)nc1=O. The summed E-state index contributed by atoms with van der Waals surface area (Å²) in [6.45, 7) is -0.381. The minimum absolute atomic E-state index is 0.0814. The first-order valence-electron chi connectivity index (χ1n) is 5.97. The van der Waals surface area contributed by atoms with Crippen LogP contribution in [0.15, 0.2) is 17.1 Å². The van der Waals surface area contributed by atoms with Crippen molar-refractivity contribution in [3.05, 3.63) is 22.7 Å². The molecule has 0 amide bonds. The standard InChI is InChI=1S/C10H16N3O6PS/c1-17-8-7(19-21(16)20)5(4-14)18-9(8)13-3-2-6(11)12-10(13)15/h2-3,5,7-9,14,20-21H,4H2,1H3,(H2,11,12,15). The molecular formula is C10H16N3O6PS. The summed E-state index contributed by atoms with van der Waals surface area (Å²) >= 11 is 0. The Hall–Kier alpha value is -1.03. The number of aliphatic hydroxyl groups excluding tert-OH is 1. The van der Waals surface area contributed by atoms with Gasteiger partial charge in [0.2, 0.25) is 0 Å². The third-order valence-corrected chi connectivity index (χ3v) is 3.83. The Morgan fingerprint density at radius 2 is 2.33 bits per heavy atom. The number of hydrogen-bond donors (Lipinski definition) is 3. The van der Waals surface area contributed by atoms with Crippen molar-refractivity contribution in [3.8, 4) is 0 Å². The molecule has 0 bridgehead atoms. The predicted octanol–water partition coefficient (Wildman–Crippen LogP) is -1.43. The fraction of sp³-hybridized carbons (Fsp3) is 0.600. The lowest BCUT2D eigenvalue weighted by molar-refractivity contribution is -0.0624. The van der Waals surface area contributed by atoms with Gasteiger partial charge < -0.3 is 20.3 Å². The normalized spacial score (nSPS) is 30.4. The number of hydrogen-bond acceptors (Lipinski definition) is 8. The van der Waals surface area contributed by atoms with E-state index in [0.29, 0.717) is 0 Å². The number of aromatic nitrogens is 2. The van der Waals surface area contributed by atoms with Crippen LogP contribution in [-0.4, -0.2) is 50.9 Å². The molecule has 0 radical (unpaired) electrons. The summed E-state index contributed by atoms with van der Waals surface area (Å²) in [6.07, 6.45) is -1.82. The molecule has 0 aliphatic carbocycles. The summed E-state index contributed by atoms with van der Waals surface area (Å²) in [4.78, 5) is 15.5. The molecule has 0 saturated carbocycles. The Labute approximate surface area is 124 Å². The molecule has 0 aromatic carbocycles. The van der Waals surface area contributed by atoms with Crippen molar-refractivity contribution in [2.45, 2.75) is 24.5 Å². The molecule has 21 heavy (non-hydrogen) atoms. The summed E-state index contributed by atoms with van der Waals surface area (Å²) in [5.74, 6) is 0.0814. The zero-order chi connectivity index (χ0) is 15.6. The van der Waals surface area contributed by atoms with Crippen molar-refractivity contribution in [1.82, 2.24) is 9.55 Å². The molecule has 1 aromatic heterocycles. The molecule has 5 atom stereocenters. The number of ether oxygens (including phenoxy) is 2. The van der Waals surface area contributed by atoms with E-state index in [1.54, 1.807) is 0 Å². The number of aliphatic hydroxyl groups is 1. The van der Waals surface area contributed by atoms with Crippen LogP contribution in [0, 0.1) is 0 Å². The molecule has 1 fully saturated rings. The number of nitrogens with zero attached hydrogens (tertiary/aromatic N) is 2. The highest BCUT2D eigenvalue weighted by Gasteiger charge is 2.47. The maximum atomic E-state index is 11.9. The van der Waals surface area contributed by atoms with Gasteiger partial charge in [0.05, 0.1) is 16.9 Å². The summed E-state index contributed by atoms with van der Waals surface area (Å²) in [5, 5.41) is 9.35. The molecule has 9 nitrogen and oxygen atoms in total. The van der Waals surface area contributed by atoms with Gasteiger partial charge in [-0.3, -0.25) is 8.75 Å². The van der Waals surface area contributed by atoms with Gasteiger partial charge in [0.1, 0.15) is 24.1 Å². The minimum atomic E-state index is -2.12. The Kier molecular flexibility index (Phi) is 5.31. The average molecular weight is 337 g/mol. The van der Waals surface area contributed by atoms with Gasteiger partial charge >= 0.3 is 5.69 Å². The Morgan fingerprint density at radius 1 is 1.62 bits per heavy atom. The summed E-state index contributed by atoms with van der Waals surface area (Å²) < 4.78 is 28.4.